The first-order chi connectivity index (χ1) is 7.24. The number of hydrogen-bond acceptors (Lipinski definition) is 3. The van der Waals surface area contributed by atoms with Gasteiger partial charge in [0.05, 0.1) is 6.10 Å². The SMILES string of the molecule is CCCCCCO[C@@H]1O[C@@H](C)CC[C@@H]1O. The van der Waals surface area contributed by atoms with E-state index < -0.39 is 12.4 Å². The van der Waals surface area contributed by atoms with Crippen molar-refractivity contribution < 1.29 is 14.6 Å². The third kappa shape index (κ3) is 4.96. The number of aliphatic hydroxyl groups is 1. The fraction of sp³-hybridized carbons (Fsp3) is 1.00. The van der Waals surface area contributed by atoms with Crippen LogP contribution in [0.4, 0.5) is 0 Å². The summed E-state index contributed by atoms with van der Waals surface area (Å²) < 4.78 is 11.1. The van der Waals surface area contributed by atoms with Crippen molar-refractivity contribution in [2.24, 2.45) is 0 Å². The molecule has 3 atom stereocenters. The van der Waals surface area contributed by atoms with Crippen LogP contribution in [0.2, 0.25) is 0 Å². The normalized spacial score (nSPS) is 31.8. The second kappa shape index (κ2) is 7.20. The van der Waals surface area contributed by atoms with Crippen molar-refractivity contribution in [1.29, 1.82) is 0 Å². The lowest BCUT2D eigenvalue weighted by molar-refractivity contribution is -0.236. The third-order valence-electron chi connectivity index (χ3n) is 2.83. The molecule has 0 aromatic carbocycles. The van der Waals surface area contributed by atoms with Crippen LogP contribution in [0, 0.1) is 0 Å². The number of aliphatic hydroxyl groups excluding tert-OH is 1. The summed E-state index contributed by atoms with van der Waals surface area (Å²) in [5.41, 5.74) is 0. The fourth-order valence-electron chi connectivity index (χ4n) is 1.81. The average molecular weight is 216 g/mol. The number of ether oxygens (including phenoxy) is 2. The molecule has 0 spiro atoms. The van der Waals surface area contributed by atoms with E-state index in [4.69, 9.17) is 9.47 Å². The molecule has 15 heavy (non-hydrogen) atoms. The van der Waals surface area contributed by atoms with Crippen molar-refractivity contribution in [2.75, 3.05) is 6.61 Å². The van der Waals surface area contributed by atoms with Crippen molar-refractivity contribution >= 4 is 0 Å². The monoisotopic (exact) mass is 216 g/mol. The lowest BCUT2D eigenvalue weighted by atomic mass is 10.1. The Hall–Kier alpha value is -0.120. The first-order valence-electron chi connectivity index (χ1n) is 6.19. The van der Waals surface area contributed by atoms with Gasteiger partial charge in [-0.25, -0.2) is 0 Å². The lowest BCUT2D eigenvalue weighted by Crippen LogP contribution is -2.39. The molecule has 1 heterocycles. The minimum atomic E-state index is -0.438. The van der Waals surface area contributed by atoms with E-state index in [0.29, 0.717) is 6.61 Å². The fourth-order valence-corrected chi connectivity index (χ4v) is 1.81. The molecule has 3 heteroatoms. The van der Waals surface area contributed by atoms with Gasteiger partial charge in [-0.3, -0.25) is 0 Å². The highest BCUT2D eigenvalue weighted by atomic mass is 16.7. The van der Waals surface area contributed by atoms with Crippen molar-refractivity contribution in [3.8, 4) is 0 Å². The molecule has 0 unspecified atom stereocenters. The quantitative estimate of drug-likeness (QED) is 0.693. The van der Waals surface area contributed by atoms with Crippen molar-refractivity contribution in [1.82, 2.24) is 0 Å². The van der Waals surface area contributed by atoms with E-state index in [1.165, 1.54) is 19.3 Å². The summed E-state index contributed by atoms with van der Waals surface area (Å²) >= 11 is 0. The van der Waals surface area contributed by atoms with Crippen molar-refractivity contribution in [2.45, 2.75) is 70.9 Å². The summed E-state index contributed by atoms with van der Waals surface area (Å²) in [5.74, 6) is 0. The maximum atomic E-state index is 9.64. The third-order valence-corrected chi connectivity index (χ3v) is 2.83. The summed E-state index contributed by atoms with van der Waals surface area (Å²) in [6.45, 7) is 4.92. The zero-order valence-electron chi connectivity index (χ0n) is 9.95. The lowest BCUT2D eigenvalue weighted by Gasteiger charge is -2.31. The first-order valence-corrected chi connectivity index (χ1v) is 6.19. The average Bonchev–Trinajstić information content (AvgIpc) is 2.23. The molecule has 0 aliphatic carbocycles. The molecule has 0 aromatic rings. The maximum absolute atomic E-state index is 9.64. The van der Waals surface area contributed by atoms with Crippen LogP contribution in [-0.4, -0.2) is 30.2 Å². The Bertz CT molecular complexity index is 161. The Labute approximate surface area is 92.8 Å². The molecule has 1 saturated heterocycles. The largest absolute Gasteiger partial charge is 0.388 e. The number of hydrogen-bond donors (Lipinski definition) is 1. The van der Waals surface area contributed by atoms with E-state index in [9.17, 15) is 5.11 Å². The molecule has 0 bridgehead atoms. The first kappa shape index (κ1) is 12.9. The molecule has 1 N–H and O–H groups in total. The van der Waals surface area contributed by atoms with Crippen molar-refractivity contribution in [3.63, 3.8) is 0 Å². The van der Waals surface area contributed by atoms with E-state index in [1.54, 1.807) is 0 Å². The van der Waals surface area contributed by atoms with Gasteiger partial charge in [-0.2, -0.15) is 0 Å². The Kier molecular flexibility index (Phi) is 6.22. The Morgan fingerprint density at radius 1 is 1.27 bits per heavy atom. The van der Waals surface area contributed by atoms with Crippen LogP contribution in [0.1, 0.15) is 52.4 Å². The van der Waals surface area contributed by atoms with E-state index in [-0.39, 0.29) is 6.10 Å². The zero-order chi connectivity index (χ0) is 11.1. The minimum Gasteiger partial charge on any atom is -0.388 e. The molecule has 0 saturated carbocycles. The van der Waals surface area contributed by atoms with Gasteiger partial charge < -0.3 is 14.6 Å². The molecule has 0 aromatic heterocycles. The summed E-state index contributed by atoms with van der Waals surface area (Å²) in [7, 11) is 0. The molecule has 1 aliphatic rings. The molecule has 0 radical (unpaired) electrons. The highest BCUT2D eigenvalue weighted by Crippen LogP contribution is 2.20. The molecule has 1 rings (SSSR count). The van der Waals surface area contributed by atoms with E-state index in [1.807, 2.05) is 6.92 Å². The Balaban J connectivity index is 2.08. The van der Waals surface area contributed by atoms with Gasteiger partial charge >= 0.3 is 0 Å². The predicted molar refractivity (Wildman–Crippen MR) is 59.7 cm³/mol. The van der Waals surface area contributed by atoms with Gasteiger partial charge in [0.2, 0.25) is 0 Å². The smallest absolute Gasteiger partial charge is 0.183 e. The van der Waals surface area contributed by atoms with Crippen LogP contribution in [0.3, 0.4) is 0 Å². The van der Waals surface area contributed by atoms with Crippen LogP contribution >= 0.6 is 0 Å². The highest BCUT2D eigenvalue weighted by Gasteiger charge is 2.27. The molecule has 90 valence electrons. The van der Waals surface area contributed by atoms with Crippen LogP contribution in [0.25, 0.3) is 0 Å². The van der Waals surface area contributed by atoms with Crippen LogP contribution in [0.5, 0.6) is 0 Å². The zero-order valence-corrected chi connectivity index (χ0v) is 9.95. The molecular weight excluding hydrogens is 192 g/mol. The molecule has 1 aliphatic heterocycles. The molecule has 1 fully saturated rings. The molecular formula is C12H24O3. The summed E-state index contributed by atoms with van der Waals surface area (Å²) in [4.78, 5) is 0. The highest BCUT2D eigenvalue weighted by molar-refractivity contribution is 4.70. The van der Waals surface area contributed by atoms with Crippen molar-refractivity contribution in [3.05, 3.63) is 0 Å². The number of rotatable bonds is 6. The van der Waals surface area contributed by atoms with E-state index in [0.717, 1.165) is 19.3 Å². The van der Waals surface area contributed by atoms with Gasteiger partial charge in [0.25, 0.3) is 0 Å². The van der Waals surface area contributed by atoms with Gasteiger partial charge in [0, 0.05) is 6.61 Å². The summed E-state index contributed by atoms with van der Waals surface area (Å²) in [5, 5.41) is 9.64. The molecule has 0 amide bonds. The van der Waals surface area contributed by atoms with Gasteiger partial charge in [-0.15, -0.1) is 0 Å². The van der Waals surface area contributed by atoms with Crippen LogP contribution < -0.4 is 0 Å². The maximum Gasteiger partial charge on any atom is 0.183 e. The Morgan fingerprint density at radius 2 is 2.07 bits per heavy atom. The van der Waals surface area contributed by atoms with Gasteiger partial charge in [0.1, 0.15) is 6.10 Å². The van der Waals surface area contributed by atoms with E-state index in [2.05, 4.69) is 6.92 Å². The van der Waals surface area contributed by atoms with Gasteiger partial charge in [-0.05, 0) is 26.2 Å². The van der Waals surface area contributed by atoms with Gasteiger partial charge in [0.15, 0.2) is 6.29 Å². The summed E-state index contributed by atoms with van der Waals surface area (Å²) in [6, 6.07) is 0. The predicted octanol–water partition coefficient (Wildman–Crippen LogP) is 2.47. The molecule has 3 nitrogen and oxygen atoms in total. The minimum absolute atomic E-state index is 0.217. The standard InChI is InChI=1S/C12H24O3/c1-3-4-5-6-9-14-12-11(13)8-7-10(2)15-12/h10-13H,3-9H2,1-2H3/t10-,11-,12+/m0/s1. The Morgan fingerprint density at radius 3 is 2.80 bits per heavy atom. The summed E-state index contributed by atoms with van der Waals surface area (Å²) in [6.07, 6.45) is 5.87. The number of unbranched alkanes of at least 4 members (excludes halogenated alkanes) is 3. The second-order valence-corrected chi connectivity index (χ2v) is 4.39. The van der Waals surface area contributed by atoms with Crippen LogP contribution in [-0.2, 0) is 9.47 Å². The topological polar surface area (TPSA) is 38.7 Å². The van der Waals surface area contributed by atoms with Gasteiger partial charge in [-0.1, -0.05) is 26.2 Å². The second-order valence-electron chi connectivity index (χ2n) is 4.39. The van der Waals surface area contributed by atoms with E-state index >= 15 is 0 Å². The van der Waals surface area contributed by atoms with Crippen LogP contribution in [0.15, 0.2) is 0 Å².